The Hall–Kier alpha value is -0.200. The minimum atomic E-state index is 0.549. The molecule has 0 amide bonds. The fourth-order valence-electron chi connectivity index (χ4n) is 0.608. The SMILES string of the molecule is CNOCCOCCOCCN. The second kappa shape index (κ2) is 10.8. The van der Waals surface area contributed by atoms with Crippen LogP contribution in [0.4, 0.5) is 0 Å². The first kappa shape index (κ1) is 11.8. The molecule has 0 saturated carbocycles. The van der Waals surface area contributed by atoms with Crippen LogP contribution in [0.2, 0.25) is 0 Å². The lowest BCUT2D eigenvalue weighted by Crippen LogP contribution is -2.15. The highest BCUT2D eigenvalue weighted by atomic mass is 16.7. The first-order valence-electron chi connectivity index (χ1n) is 4.06. The minimum Gasteiger partial charge on any atom is -0.378 e. The van der Waals surface area contributed by atoms with Crippen LogP contribution in [0, 0.1) is 0 Å². The van der Waals surface area contributed by atoms with E-state index in [-0.39, 0.29) is 0 Å². The van der Waals surface area contributed by atoms with Crippen LogP contribution < -0.4 is 11.2 Å². The molecule has 0 heterocycles. The van der Waals surface area contributed by atoms with Crippen molar-refractivity contribution < 1.29 is 14.3 Å². The van der Waals surface area contributed by atoms with Gasteiger partial charge in [0.2, 0.25) is 0 Å². The molecule has 3 N–H and O–H groups in total. The third-order valence-corrected chi connectivity index (χ3v) is 1.11. The van der Waals surface area contributed by atoms with Crippen molar-refractivity contribution in [2.75, 3.05) is 46.6 Å². The lowest BCUT2D eigenvalue weighted by Gasteiger charge is -2.04. The number of rotatable bonds is 9. The number of nitrogens with one attached hydrogen (secondary N) is 1. The first-order valence-corrected chi connectivity index (χ1v) is 4.06. The highest BCUT2D eigenvalue weighted by molar-refractivity contribution is 4.33. The summed E-state index contributed by atoms with van der Waals surface area (Å²) in [6.45, 7) is 3.46. The Morgan fingerprint density at radius 3 is 2.17 bits per heavy atom. The molecule has 0 aliphatic rings. The van der Waals surface area contributed by atoms with Crippen molar-refractivity contribution in [3.05, 3.63) is 0 Å². The summed E-state index contributed by atoms with van der Waals surface area (Å²) in [5.41, 5.74) is 7.77. The van der Waals surface area contributed by atoms with E-state index in [2.05, 4.69) is 5.48 Å². The van der Waals surface area contributed by atoms with Crippen LogP contribution in [0.1, 0.15) is 0 Å². The smallest absolute Gasteiger partial charge is 0.0915 e. The van der Waals surface area contributed by atoms with E-state index in [0.29, 0.717) is 39.6 Å². The molecular formula is C7H18N2O3. The van der Waals surface area contributed by atoms with Gasteiger partial charge in [0.15, 0.2) is 0 Å². The second-order valence-electron chi connectivity index (χ2n) is 2.07. The molecule has 0 aliphatic heterocycles. The highest BCUT2D eigenvalue weighted by Gasteiger charge is 1.88. The molecule has 12 heavy (non-hydrogen) atoms. The van der Waals surface area contributed by atoms with Gasteiger partial charge in [-0.15, -0.1) is 0 Å². The van der Waals surface area contributed by atoms with E-state index < -0.39 is 0 Å². The molecule has 0 aromatic rings. The normalized spacial score (nSPS) is 10.5. The Labute approximate surface area is 73.1 Å². The maximum atomic E-state index is 5.21. The van der Waals surface area contributed by atoms with Gasteiger partial charge in [-0.05, 0) is 0 Å². The van der Waals surface area contributed by atoms with Crippen molar-refractivity contribution in [2.24, 2.45) is 5.73 Å². The Morgan fingerprint density at radius 2 is 1.58 bits per heavy atom. The summed E-state index contributed by atoms with van der Waals surface area (Å²) in [5.74, 6) is 0. The van der Waals surface area contributed by atoms with Crippen LogP contribution in [0.3, 0.4) is 0 Å². The van der Waals surface area contributed by atoms with Gasteiger partial charge >= 0.3 is 0 Å². The topological polar surface area (TPSA) is 65.7 Å². The van der Waals surface area contributed by atoms with E-state index in [1.165, 1.54) is 0 Å². The van der Waals surface area contributed by atoms with Crippen LogP contribution >= 0.6 is 0 Å². The van der Waals surface area contributed by atoms with Gasteiger partial charge in [-0.3, -0.25) is 4.84 Å². The minimum absolute atomic E-state index is 0.549. The fraction of sp³-hybridized carbons (Fsp3) is 1.00. The number of hydrogen-bond acceptors (Lipinski definition) is 5. The summed E-state index contributed by atoms with van der Waals surface area (Å²) < 4.78 is 10.2. The van der Waals surface area contributed by atoms with Gasteiger partial charge in [0.25, 0.3) is 0 Å². The summed E-state index contributed by atoms with van der Waals surface area (Å²) in [6.07, 6.45) is 0. The molecule has 5 nitrogen and oxygen atoms in total. The van der Waals surface area contributed by atoms with Crippen molar-refractivity contribution in [3.8, 4) is 0 Å². The Kier molecular flexibility index (Phi) is 10.6. The molecule has 5 heteroatoms. The lowest BCUT2D eigenvalue weighted by molar-refractivity contribution is -0.0103. The predicted molar refractivity (Wildman–Crippen MR) is 45.7 cm³/mol. The number of hydrogen-bond donors (Lipinski definition) is 2. The zero-order chi connectivity index (χ0) is 9.07. The Morgan fingerprint density at radius 1 is 1.00 bits per heavy atom. The number of ether oxygens (including phenoxy) is 2. The fourth-order valence-corrected chi connectivity index (χ4v) is 0.608. The van der Waals surface area contributed by atoms with Gasteiger partial charge < -0.3 is 15.2 Å². The van der Waals surface area contributed by atoms with E-state index in [4.69, 9.17) is 20.0 Å². The van der Waals surface area contributed by atoms with E-state index in [1.807, 2.05) is 0 Å². The van der Waals surface area contributed by atoms with Crippen molar-refractivity contribution in [1.29, 1.82) is 0 Å². The van der Waals surface area contributed by atoms with Gasteiger partial charge in [-0.25, -0.2) is 5.48 Å². The standard InChI is InChI=1S/C7H18N2O3/c1-9-12-7-6-11-5-4-10-3-2-8/h9H,2-8H2,1H3. The Bertz CT molecular complexity index is 73.1. The molecule has 0 aliphatic carbocycles. The third-order valence-electron chi connectivity index (χ3n) is 1.11. The van der Waals surface area contributed by atoms with E-state index in [9.17, 15) is 0 Å². The highest BCUT2D eigenvalue weighted by Crippen LogP contribution is 1.78. The van der Waals surface area contributed by atoms with E-state index in [0.717, 1.165) is 0 Å². The maximum Gasteiger partial charge on any atom is 0.0915 e. The van der Waals surface area contributed by atoms with Crippen molar-refractivity contribution in [1.82, 2.24) is 5.48 Å². The predicted octanol–water partition coefficient (Wildman–Crippen LogP) is -0.871. The number of hydroxylamine groups is 1. The zero-order valence-corrected chi connectivity index (χ0v) is 7.54. The van der Waals surface area contributed by atoms with Gasteiger partial charge in [-0.1, -0.05) is 0 Å². The molecular weight excluding hydrogens is 160 g/mol. The maximum absolute atomic E-state index is 5.21. The van der Waals surface area contributed by atoms with Crippen molar-refractivity contribution >= 4 is 0 Å². The van der Waals surface area contributed by atoms with Crippen LogP contribution in [-0.2, 0) is 14.3 Å². The third kappa shape index (κ3) is 9.80. The van der Waals surface area contributed by atoms with E-state index in [1.54, 1.807) is 7.05 Å². The molecule has 0 saturated heterocycles. The quantitative estimate of drug-likeness (QED) is 0.355. The van der Waals surface area contributed by atoms with Crippen molar-refractivity contribution in [3.63, 3.8) is 0 Å². The summed E-state index contributed by atoms with van der Waals surface area (Å²) in [7, 11) is 1.71. The first-order chi connectivity index (χ1) is 5.91. The average molecular weight is 178 g/mol. The van der Waals surface area contributed by atoms with Crippen molar-refractivity contribution in [2.45, 2.75) is 0 Å². The largest absolute Gasteiger partial charge is 0.378 e. The molecule has 0 aromatic carbocycles. The van der Waals surface area contributed by atoms with Gasteiger partial charge in [0.1, 0.15) is 0 Å². The molecule has 0 rings (SSSR count). The van der Waals surface area contributed by atoms with Crippen LogP contribution in [0.5, 0.6) is 0 Å². The molecule has 0 aromatic heterocycles. The van der Waals surface area contributed by atoms with Crippen LogP contribution in [0.15, 0.2) is 0 Å². The van der Waals surface area contributed by atoms with Gasteiger partial charge in [0.05, 0.1) is 33.0 Å². The van der Waals surface area contributed by atoms with E-state index >= 15 is 0 Å². The molecule has 0 spiro atoms. The Balaban J connectivity index is 2.73. The molecule has 0 radical (unpaired) electrons. The van der Waals surface area contributed by atoms with Gasteiger partial charge in [-0.2, -0.15) is 0 Å². The number of nitrogens with two attached hydrogens (primary N) is 1. The molecule has 0 unspecified atom stereocenters. The summed E-state index contributed by atoms with van der Waals surface area (Å²) in [6, 6.07) is 0. The summed E-state index contributed by atoms with van der Waals surface area (Å²) in [4.78, 5) is 4.83. The molecule has 0 atom stereocenters. The summed E-state index contributed by atoms with van der Waals surface area (Å²) in [5, 5.41) is 0. The second-order valence-corrected chi connectivity index (χ2v) is 2.07. The van der Waals surface area contributed by atoms with Crippen LogP contribution in [-0.4, -0.2) is 46.6 Å². The summed E-state index contributed by atoms with van der Waals surface area (Å²) >= 11 is 0. The monoisotopic (exact) mass is 178 g/mol. The lowest BCUT2D eigenvalue weighted by atomic mass is 10.7. The zero-order valence-electron chi connectivity index (χ0n) is 7.54. The average Bonchev–Trinajstić information content (AvgIpc) is 2.10. The molecule has 0 fully saturated rings. The molecule has 0 bridgehead atoms. The van der Waals surface area contributed by atoms with Gasteiger partial charge in [0, 0.05) is 13.6 Å². The molecule has 74 valence electrons. The van der Waals surface area contributed by atoms with Crippen LogP contribution in [0.25, 0.3) is 0 Å².